The molecule has 0 amide bonds. The van der Waals surface area contributed by atoms with Crippen LogP contribution in [0.3, 0.4) is 0 Å². The fourth-order valence-electron chi connectivity index (χ4n) is 8.68. The van der Waals surface area contributed by atoms with Crippen LogP contribution in [0.25, 0.3) is 0 Å². The molecule has 0 aromatic heterocycles. The maximum absolute atomic E-state index is 13.4. The van der Waals surface area contributed by atoms with Crippen molar-refractivity contribution in [1.29, 1.82) is 0 Å². The predicted molar refractivity (Wildman–Crippen MR) is 289 cm³/mol. The molecule has 0 aromatic carbocycles. The van der Waals surface area contributed by atoms with E-state index in [-0.39, 0.29) is 31.1 Å². The summed E-state index contributed by atoms with van der Waals surface area (Å²) in [6, 6.07) is 0. The summed E-state index contributed by atoms with van der Waals surface area (Å²) in [5.41, 5.74) is -1.16. The van der Waals surface area contributed by atoms with Gasteiger partial charge in [-0.2, -0.15) is 0 Å². The molecule has 0 radical (unpaired) electrons. The monoisotopic (exact) mass is 941 g/mol. The number of ether oxygens (including phenoxy) is 3. The summed E-state index contributed by atoms with van der Waals surface area (Å²) in [6.07, 6.45) is 64.2. The fourth-order valence-corrected chi connectivity index (χ4v) is 8.68. The van der Waals surface area contributed by atoms with Gasteiger partial charge in [-0.1, -0.05) is 225 Å². The molecule has 0 saturated heterocycles. The zero-order valence-electron chi connectivity index (χ0n) is 45.1. The number of hydrogen-bond acceptors (Lipinski definition) is 6. The maximum atomic E-state index is 13.4. The highest BCUT2D eigenvalue weighted by molar-refractivity contribution is 5.71. The van der Waals surface area contributed by atoms with Gasteiger partial charge in [-0.15, -0.1) is 0 Å². The summed E-state index contributed by atoms with van der Waals surface area (Å²) < 4.78 is 17.9. The first-order valence-electron chi connectivity index (χ1n) is 29.4. The predicted octanol–water partition coefficient (Wildman–Crippen LogP) is 19.7. The lowest BCUT2D eigenvalue weighted by atomic mass is 9.97. The highest BCUT2D eigenvalue weighted by atomic mass is 16.6. The number of unbranched alkanes of at least 4 members (excludes halogenated alkanes) is 34. The van der Waals surface area contributed by atoms with Crippen molar-refractivity contribution in [2.45, 2.75) is 322 Å². The van der Waals surface area contributed by atoms with Gasteiger partial charge < -0.3 is 14.2 Å². The van der Waals surface area contributed by atoms with E-state index in [0.717, 1.165) is 96.3 Å². The van der Waals surface area contributed by atoms with E-state index in [0.29, 0.717) is 25.7 Å². The van der Waals surface area contributed by atoms with E-state index < -0.39 is 5.60 Å². The summed E-state index contributed by atoms with van der Waals surface area (Å²) >= 11 is 0. The second-order valence-electron chi connectivity index (χ2n) is 20.1. The normalized spacial score (nSPS) is 12.7. The van der Waals surface area contributed by atoms with Crippen LogP contribution in [0.1, 0.15) is 317 Å². The molecule has 0 aliphatic carbocycles. The molecule has 1 unspecified atom stereocenters. The Labute approximate surface area is 416 Å². The highest BCUT2D eigenvalue weighted by Gasteiger charge is 2.37. The molecule has 0 saturated carbocycles. The molecule has 6 nitrogen and oxygen atoms in total. The van der Waals surface area contributed by atoms with E-state index in [1.165, 1.54) is 167 Å². The molecule has 67 heavy (non-hydrogen) atoms. The third kappa shape index (κ3) is 48.4. The van der Waals surface area contributed by atoms with Crippen LogP contribution in [0.5, 0.6) is 0 Å². The molecule has 0 aliphatic rings. The molecule has 0 aromatic rings. The van der Waals surface area contributed by atoms with Gasteiger partial charge in [0.2, 0.25) is 0 Å². The Kier molecular flexibility index (Phi) is 51.1. The summed E-state index contributed by atoms with van der Waals surface area (Å²) in [7, 11) is 0. The van der Waals surface area contributed by atoms with Crippen molar-refractivity contribution in [3.05, 3.63) is 36.5 Å². The lowest BCUT2D eigenvalue weighted by molar-refractivity contribution is -0.186. The minimum atomic E-state index is -1.16. The third-order valence-electron chi connectivity index (χ3n) is 13.2. The minimum Gasteiger partial charge on any atom is -0.461 e. The van der Waals surface area contributed by atoms with Gasteiger partial charge in [0.05, 0.1) is 0 Å². The molecule has 392 valence electrons. The molecule has 0 fully saturated rings. The van der Waals surface area contributed by atoms with Crippen LogP contribution in [-0.2, 0) is 28.6 Å². The van der Waals surface area contributed by atoms with Gasteiger partial charge in [-0.3, -0.25) is 14.4 Å². The molecule has 0 spiro atoms. The fraction of sp³-hybridized carbons (Fsp3) is 0.852. The third-order valence-corrected chi connectivity index (χ3v) is 13.2. The summed E-state index contributed by atoms with van der Waals surface area (Å²) in [5, 5.41) is 0. The van der Waals surface area contributed by atoms with Crippen molar-refractivity contribution in [2.75, 3.05) is 13.2 Å². The SMILES string of the molecule is CCCCCCCC/C=C\CCCCCCCC(=O)OCC(CCCC)(COC(=O)CCCCCCC/C=C/CCCCCCCC)OC(=O)CCCCCCC/C=C/CCCCCCCC. The molecular weight excluding hydrogens is 829 g/mol. The summed E-state index contributed by atoms with van der Waals surface area (Å²) in [5.74, 6) is -0.840. The quantitative estimate of drug-likeness (QED) is 0.0262. The topological polar surface area (TPSA) is 78.9 Å². The van der Waals surface area contributed by atoms with Gasteiger partial charge in [0, 0.05) is 19.3 Å². The molecular formula is C61H112O6. The van der Waals surface area contributed by atoms with Gasteiger partial charge in [0.1, 0.15) is 13.2 Å². The molecule has 1 atom stereocenters. The van der Waals surface area contributed by atoms with Gasteiger partial charge in [-0.25, -0.2) is 0 Å². The first-order chi connectivity index (χ1) is 32.9. The Hall–Kier alpha value is -2.37. The van der Waals surface area contributed by atoms with Crippen molar-refractivity contribution in [3.8, 4) is 0 Å². The van der Waals surface area contributed by atoms with Crippen molar-refractivity contribution in [3.63, 3.8) is 0 Å². The Morgan fingerprint density at radius 3 is 0.821 bits per heavy atom. The Morgan fingerprint density at radius 1 is 0.299 bits per heavy atom. The van der Waals surface area contributed by atoms with Crippen molar-refractivity contribution in [1.82, 2.24) is 0 Å². The van der Waals surface area contributed by atoms with Gasteiger partial charge in [0.15, 0.2) is 5.60 Å². The molecule has 0 N–H and O–H groups in total. The van der Waals surface area contributed by atoms with E-state index in [9.17, 15) is 14.4 Å². The number of allylic oxidation sites excluding steroid dienone is 6. The average molecular weight is 942 g/mol. The van der Waals surface area contributed by atoms with E-state index in [4.69, 9.17) is 14.2 Å². The smallest absolute Gasteiger partial charge is 0.306 e. The Balaban J connectivity index is 4.84. The van der Waals surface area contributed by atoms with Crippen molar-refractivity contribution in [2.24, 2.45) is 0 Å². The standard InChI is InChI=1S/C61H112O6/c1-5-9-13-16-19-22-25-28-31-34-37-40-43-46-49-52-58(62)65-56-61(55-12-8-4,67-60(64)54-51-48-45-42-39-36-33-30-27-24-21-18-15-11-7-3)57-66-59(63)53-50-47-44-41-38-35-32-29-26-23-20-17-14-10-6-2/h28-33H,5-27,34-57H2,1-4H3/b31-28-,32-29+,33-30+. The maximum Gasteiger partial charge on any atom is 0.306 e. The highest BCUT2D eigenvalue weighted by Crippen LogP contribution is 2.25. The molecule has 0 bridgehead atoms. The van der Waals surface area contributed by atoms with Gasteiger partial charge >= 0.3 is 17.9 Å². The van der Waals surface area contributed by atoms with Crippen molar-refractivity contribution < 1.29 is 28.6 Å². The Morgan fingerprint density at radius 2 is 0.537 bits per heavy atom. The molecule has 6 heteroatoms. The molecule has 0 rings (SSSR count). The van der Waals surface area contributed by atoms with E-state index >= 15 is 0 Å². The number of carbonyl (C=O) groups is 3. The zero-order chi connectivity index (χ0) is 48.8. The van der Waals surface area contributed by atoms with E-state index in [1.54, 1.807) is 0 Å². The van der Waals surface area contributed by atoms with Crippen LogP contribution in [0.4, 0.5) is 0 Å². The second-order valence-corrected chi connectivity index (χ2v) is 20.1. The number of hydrogen-bond donors (Lipinski definition) is 0. The lowest BCUT2D eigenvalue weighted by Gasteiger charge is -2.32. The van der Waals surface area contributed by atoms with Crippen LogP contribution < -0.4 is 0 Å². The summed E-state index contributed by atoms with van der Waals surface area (Å²) in [6.45, 7) is 8.74. The number of rotatable bonds is 53. The first-order valence-corrected chi connectivity index (χ1v) is 29.4. The Bertz CT molecular complexity index is 1100. The molecule has 0 heterocycles. The van der Waals surface area contributed by atoms with E-state index in [1.807, 2.05) is 0 Å². The first kappa shape index (κ1) is 64.6. The zero-order valence-corrected chi connectivity index (χ0v) is 45.1. The van der Waals surface area contributed by atoms with Crippen LogP contribution in [0.2, 0.25) is 0 Å². The van der Waals surface area contributed by atoms with Gasteiger partial charge in [-0.05, 0) is 109 Å². The lowest BCUT2D eigenvalue weighted by Crippen LogP contribution is -2.45. The average Bonchev–Trinajstić information content (AvgIpc) is 3.33. The number of esters is 3. The van der Waals surface area contributed by atoms with Gasteiger partial charge in [0.25, 0.3) is 0 Å². The number of carbonyl (C=O) groups excluding carboxylic acids is 3. The van der Waals surface area contributed by atoms with Crippen LogP contribution in [0.15, 0.2) is 36.5 Å². The second kappa shape index (κ2) is 53.0. The van der Waals surface area contributed by atoms with Crippen LogP contribution in [-0.4, -0.2) is 36.7 Å². The van der Waals surface area contributed by atoms with Crippen LogP contribution in [0, 0.1) is 0 Å². The van der Waals surface area contributed by atoms with Crippen LogP contribution >= 0.6 is 0 Å². The molecule has 0 aliphatic heterocycles. The minimum absolute atomic E-state index is 0.0737. The van der Waals surface area contributed by atoms with E-state index in [2.05, 4.69) is 64.2 Å². The largest absolute Gasteiger partial charge is 0.461 e. The van der Waals surface area contributed by atoms with Crippen molar-refractivity contribution >= 4 is 17.9 Å². The summed E-state index contributed by atoms with van der Waals surface area (Å²) in [4.78, 5) is 39.4.